The molecule has 0 saturated carbocycles. The Bertz CT molecular complexity index is 798. The molecule has 0 aliphatic heterocycles. The standard InChI is InChI=1S/C24H32N2O3/c1-6-22(24(28)25-17(2)3)26(16-20-11-13-21(29-5)14-12-20)23(27)15-19-9-7-18(4)8-10-19/h7-14,17,22H,6,15-16H2,1-5H3,(H,25,28). The van der Waals surface area contributed by atoms with Crippen LogP contribution in [0.4, 0.5) is 0 Å². The molecule has 5 nitrogen and oxygen atoms in total. The Labute approximate surface area is 174 Å². The largest absolute Gasteiger partial charge is 0.497 e. The maximum atomic E-state index is 13.2. The summed E-state index contributed by atoms with van der Waals surface area (Å²) in [6.45, 7) is 8.17. The van der Waals surface area contributed by atoms with Gasteiger partial charge in [0.25, 0.3) is 0 Å². The molecule has 0 aliphatic rings. The van der Waals surface area contributed by atoms with E-state index in [0.717, 1.165) is 22.4 Å². The number of methoxy groups -OCH3 is 1. The predicted octanol–water partition coefficient (Wildman–Crippen LogP) is 3.88. The van der Waals surface area contributed by atoms with Crippen LogP contribution in [-0.4, -0.2) is 35.9 Å². The summed E-state index contributed by atoms with van der Waals surface area (Å²) in [6.07, 6.45) is 0.816. The maximum absolute atomic E-state index is 13.2. The topological polar surface area (TPSA) is 58.6 Å². The summed E-state index contributed by atoms with van der Waals surface area (Å²) in [6, 6.07) is 15.0. The van der Waals surface area contributed by atoms with Crippen LogP contribution >= 0.6 is 0 Å². The SMILES string of the molecule is CCC(C(=O)NC(C)C)N(Cc1ccc(OC)cc1)C(=O)Cc1ccc(C)cc1. The fraction of sp³-hybridized carbons (Fsp3) is 0.417. The van der Waals surface area contributed by atoms with E-state index >= 15 is 0 Å². The Morgan fingerprint density at radius 1 is 1.00 bits per heavy atom. The second-order valence-corrected chi connectivity index (χ2v) is 7.62. The Hall–Kier alpha value is -2.82. The van der Waals surface area contributed by atoms with Crippen LogP contribution in [0.5, 0.6) is 5.75 Å². The number of amides is 2. The van der Waals surface area contributed by atoms with Crippen LogP contribution in [-0.2, 0) is 22.6 Å². The number of nitrogens with zero attached hydrogens (tertiary/aromatic N) is 1. The molecule has 5 heteroatoms. The number of carbonyl (C=O) groups is 2. The van der Waals surface area contributed by atoms with Crippen molar-refractivity contribution >= 4 is 11.8 Å². The summed E-state index contributed by atoms with van der Waals surface area (Å²) >= 11 is 0. The highest BCUT2D eigenvalue weighted by atomic mass is 16.5. The highest BCUT2D eigenvalue weighted by Crippen LogP contribution is 2.18. The van der Waals surface area contributed by atoms with Crippen LogP contribution in [0.25, 0.3) is 0 Å². The zero-order chi connectivity index (χ0) is 21.4. The van der Waals surface area contributed by atoms with Crippen LogP contribution in [0.1, 0.15) is 43.9 Å². The molecule has 156 valence electrons. The predicted molar refractivity (Wildman–Crippen MR) is 116 cm³/mol. The van der Waals surface area contributed by atoms with Gasteiger partial charge in [-0.25, -0.2) is 0 Å². The van der Waals surface area contributed by atoms with Crippen molar-refractivity contribution in [1.29, 1.82) is 0 Å². The van der Waals surface area contributed by atoms with Crippen molar-refractivity contribution in [3.63, 3.8) is 0 Å². The van der Waals surface area contributed by atoms with Crippen LogP contribution in [0.2, 0.25) is 0 Å². The van der Waals surface area contributed by atoms with Crippen molar-refractivity contribution in [2.75, 3.05) is 7.11 Å². The lowest BCUT2D eigenvalue weighted by molar-refractivity contribution is -0.141. The van der Waals surface area contributed by atoms with E-state index in [1.165, 1.54) is 0 Å². The Kier molecular flexibility index (Phi) is 8.25. The minimum atomic E-state index is -0.516. The van der Waals surface area contributed by atoms with E-state index in [0.29, 0.717) is 13.0 Å². The van der Waals surface area contributed by atoms with Gasteiger partial charge in [0.2, 0.25) is 11.8 Å². The van der Waals surface area contributed by atoms with E-state index in [2.05, 4.69) is 5.32 Å². The molecule has 0 radical (unpaired) electrons. The van der Waals surface area contributed by atoms with Gasteiger partial charge >= 0.3 is 0 Å². The van der Waals surface area contributed by atoms with Gasteiger partial charge in [0.05, 0.1) is 13.5 Å². The van der Waals surface area contributed by atoms with Gasteiger partial charge in [0.1, 0.15) is 11.8 Å². The fourth-order valence-electron chi connectivity index (χ4n) is 3.21. The average Bonchev–Trinajstić information content (AvgIpc) is 2.69. The van der Waals surface area contributed by atoms with E-state index in [9.17, 15) is 9.59 Å². The summed E-state index contributed by atoms with van der Waals surface area (Å²) < 4.78 is 5.22. The second kappa shape index (κ2) is 10.6. The summed E-state index contributed by atoms with van der Waals surface area (Å²) in [5.74, 6) is 0.583. The molecule has 0 spiro atoms. The van der Waals surface area contributed by atoms with Gasteiger partial charge < -0.3 is 15.0 Å². The van der Waals surface area contributed by atoms with Crippen molar-refractivity contribution < 1.29 is 14.3 Å². The van der Waals surface area contributed by atoms with Crippen molar-refractivity contribution in [3.05, 3.63) is 65.2 Å². The monoisotopic (exact) mass is 396 g/mol. The number of aryl methyl sites for hydroxylation is 1. The van der Waals surface area contributed by atoms with Crippen LogP contribution in [0.3, 0.4) is 0 Å². The molecule has 1 unspecified atom stereocenters. The molecule has 0 bridgehead atoms. The number of rotatable bonds is 9. The number of hydrogen-bond acceptors (Lipinski definition) is 3. The molecule has 0 fully saturated rings. The summed E-state index contributed by atoms with van der Waals surface area (Å²) in [7, 11) is 1.62. The molecule has 2 rings (SSSR count). The number of ether oxygens (including phenoxy) is 1. The molecule has 1 N–H and O–H groups in total. The van der Waals surface area contributed by atoms with Gasteiger partial charge in [-0.2, -0.15) is 0 Å². The third kappa shape index (κ3) is 6.63. The van der Waals surface area contributed by atoms with Gasteiger partial charge in [-0.05, 0) is 50.5 Å². The van der Waals surface area contributed by atoms with E-state index in [-0.39, 0.29) is 24.3 Å². The lowest BCUT2D eigenvalue weighted by Crippen LogP contribution is -2.50. The molecule has 0 aromatic heterocycles. The number of hydrogen-bond donors (Lipinski definition) is 1. The first-order chi connectivity index (χ1) is 13.8. The van der Waals surface area contributed by atoms with Crippen molar-refractivity contribution in [1.82, 2.24) is 10.2 Å². The molecule has 29 heavy (non-hydrogen) atoms. The number of nitrogens with one attached hydrogen (secondary N) is 1. The molecule has 0 aliphatic carbocycles. The Balaban J connectivity index is 2.27. The molecule has 2 aromatic rings. The minimum absolute atomic E-state index is 0.0200. The van der Waals surface area contributed by atoms with E-state index in [1.807, 2.05) is 76.2 Å². The zero-order valence-electron chi connectivity index (χ0n) is 18.1. The first-order valence-electron chi connectivity index (χ1n) is 10.1. The molecule has 0 heterocycles. The minimum Gasteiger partial charge on any atom is -0.497 e. The third-order valence-electron chi connectivity index (χ3n) is 4.80. The normalized spacial score (nSPS) is 11.8. The van der Waals surface area contributed by atoms with Gasteiger partial charge in [-0.3, -0.25) is 9.59 Å². The van der Waals surface area contributed by atoms with Gasteiger partial charge in [0.15, 0.2) is 0 Å². The molecule has 0 saturated heterocycles. The first-order valence-corrected chi connectivity index (χ1v) is 10.1. The van der Waals surface area contributed by atoms with Crippen molar-refractivity contribution in [3.8, 4) is 5.75 Å². The average molecular weight is 397 g/mol. The van der Waals surface area contributed by atoms with Gasteiger partial charge in [0, 0.05) is 12.6 Å². The smallest absolute Gasteiger partial charge is 0.243 e. The zero-order valence-corrected chi connectivity index (χ0v) is 18.1. The second-order valence-electron chi connectivity index (χ2n) is 7.62. The highest BCUT2D eigenvalue weighted by molar-refractivity contribution is 5.88. The first kappa shape index (κ1) is 22.5. The lowest BCUT2D eigenvalue weighted by atomic mass is 10.1. The fourth-order valence-corrected chi connectivity index (χ4v) is 3.21. The summed E-state index contributed by atoms with van der Waals surface area (Å²) in [5, 5.41) is 2.95. The molecular formula is C24H32N2O3. The Morgan fingerprint density at radius 3 is 2.10 bits per heavy atom. The molecule has 2 aromatic carbocycles. The van der Waals surface area contributed by atoms with E-state index < -0.39 is 6.04 Å². The summed E-state index contributed by atoms with van der Waals surface area (Å²) in [5.41, 5.74) is 3.05. The van der Waals surface area contributed by atoms with E-state index in [1.54, 1.807) is 12.0 Å². The number of benzene rings is 2. The van der Waals surface area contributed by atoms with Crippen molar-refractivity contribution in [2.24, 2.45) is 0 Å². The van der Waals surface area contributed by atoms with Crippen molar-refractivity contribution in [2.45, 2.75) is 59.2 Å². The third-order valence-corrected chi connectivity index (χ3v) is 4.80. The maximum Gasteiger partial charge on any atom is 0.243 e. The van der Waals surface area contributed by atoms with Gasteiger partial charge in [-0.1, -0.05) is 48.9 Å². The van der Waals surface area contributed by atoms with E-state index in [4.69, 9.17) is 4.74 Å². The molecular weight excluding hydrogens is 364 g/mol. The molecule has 2 amide bonds. The van der Waals surface area contributed by atoms with Crippen LogP contribution in [0, 0.1) is 6.92 Å². The van der Waals surface area contributed by atoms with Crippen LogP contribution in [0.15, 0.2) is 48.5 Å². The van der Waals surface area contributed by atoms with Gasteiger partial charge in [-0.15, -0.1) is 0 Å². The quantitative estimate of drug-likeness (QED) is 0.700. The van der Waals surface area contributed by atoms with Crippen LogP contribution < -0.4 is 10.1 Å². The lowest BCUT2D eigenvalue weighted by Gasteiger charge is -2.31. The Morgan fingerprint density at radius 2 is 1.59 bits per heavy atom. The molecule has 1 atom stereocenters. The number of carbonyl (C=O) groups excluding carboxylic acids is 2. The summed E-state index contributed by atoms with van der Waals surface area (Å²) in [4.78, 5) is 27.7. The highest BCUT2D eigenvalue weighted by Gasteiger charge is 2.28.